The number of nitrogens with two attached hydrogens (primary N) is 1. The van der Waals surface area contributed by atoms with E-state index in [0.717, 1.165) is 30.6 Å². The van der Waals surface area contributed by atoms with E-state index in [4.69, 9.17) is 10.5 Å². The summed E-state index contributed by atoms with van der Waals surface area (Å²) < 4.78 is 7.29. The molecular formula is C20H27N2O2+. The Morgan fingerprint density at radius 1 is 1.04 bits per heavy atom. The first-order valence-corrected chi connectivity index (χ1v) is 8.47. The highest BCUT2D eigenvalue weighted by Crippen LogP contribution is 2.24. The van der Waals surface area contributed by atoms with Crippen molar-refractivity contribution in [2.75, 3.05) is 13.7 Å². The summed E-state index contributed by atoms with van der Waals surface area (Å²) in [4.78, 5) is 0. The topological polar surface area (TPSA) is 59.4 Å². The Balaban J connectivity index is 1.89. The lowest BCUT2D eigenvalue weighted by atomic mass is 10.1. The van der Waals surface area contributed by atoms with Gasteiger partial charge in [0.15, 0.2) is 12.4 Å². The van der Waals surface area contributed by atoms with E-state index in [0.29, 0.717) is 5.75 Å². The molecule has 2 rings (SSSR count). The van der Waals surface area contributed by atoms with E-state index >= 15 is 0 Å². The first-order chi connectivity index (χ1) is 11.7. The van der Waals surface area contributed by atoms with E-state index in [1.807, 2.05) is 24.3 Å². The molecule has 0 spiro atoms. The Hall–Kier alpha value is -2.33. The third-order valence-corrected chi connectivity index (χ3v) is 3.98. The summed E-state index contributed by atoms with van der Waals surface area (Å²) >= 11 is 0. The molecule has 24 heavy (non-hydrogen) atoms. The van der Waals surface area contributed by atoms with Gasteiger partial charge in [0.25, 0.3) is 0 Å². The molecule has 4 heteroatoms. The summed E-state index contributed by atoms with van der Waals surface area (Å²) in [7, 11) is 1.59. The first kappa shape index (κ1) is 18.0. The number of aromatic hydroxyl groups is 1. The number of benzene rings is 1. The van der Waals surface area contributed by atoms with Crippen molar-refractivity contribution in [1.82, 2.24) is 0 Å². The number of methoxy groups -OCH3 is 1. The van der Waals surface area contributed by atoms with Gasteiger partial charge in [-0.1, -0.05) is 18.6 Å². The smallest absolute Gasteiger partial charge is 0.169 e. The van der Waals surface area contributed by atoms with Crippen molar-refractivity contribution >= 4 is 12.2 Å². The third-order valence-electron chi connectivity index (χ3n) is 3.98. The van der Waals surface area contributed by atoms with Crippen LogP contribution in [0.5, 0.6) is 11.5 Å². The second-order valence-electron chi connectivity index (χ2n) is 5.83. The predicted octanol–water partition coefficient (Wildman–Crippen LogP) is 3.38. The molecule has 0 amide bonds. The molecule has 0 unspecified atom stereocenters. The summed E-state index contributed by atoms with van der Waals surface area (Å²) in [5.74, 6) is 0.867. The number of ether oxygens (including phenoxy) is 1. The van der Waals surface area contributed by atoms with E-state index < -0.39 is 0 Å². The molecule has 3 N–H and O–H groups in total. The van der Waals surface area contributed by atoms with E-state index in [-0.39, 0.29) is 5.75 Å². The van der Waals surface area contributed by atoms with Crippen molar-refractivity contribution in [1.29, 1.82) is 0 Å². The van der Waals surface area contributed by atoms with Crippen LogP contribution in [-0.2, 0) is 6.54 Å². The third kappa shape index (κ3) is 5.70. The summed E-state index contributed by atoms with van der Waals surface area (Å²) in [5, 5.41) is 9.96. The monoisotopic (exact) mass is 327 g/mol. The number of hydrogen-bond donors (Lipinski definition) is 2. The Morgan fingerprint density at radius 3 is 2.46 bits per heavy atom. The van der Waals surface area contributed by atoms with E-state index in [1.165, 1.54) is 19.3 Å². The minimum atomic E-state index is 0.217. The fraction of sp³-hybridized carbons (Fsp3) is 0.350. The van der Waals surface area contributed by atoms with Crippen molar-refractivity contribution in [3.05, 3.63) is 53.9 Å². The molecule has 0 fully saturated rings. The molecule has 0 radical (unpaired) electrons. The van der Waals surface area contributed by atoms with Crippen molar-refractivity contribution in [2.24, 2.45) is 5.73 Å². The highest BCUT2D eigenvalue weighted by molar-refractivity contribution is 5.72. The first-order valence-electron chi connectivity index (χ1n) is 8.47. The van der Waals surface area contributed by atoms with E-state index in [9.17, 15) is 5.11 Å². The van der Waals surface area contributed by atoms with Crippen LogP contribution < -0.4 is 15.0 Å². The molecule has 1 aromatic heterocycles. The maximum Gasteiger partial charge on any atom is 0.169 e. The molecule has 1 heterocycles. The maximum absolute atomic E-state index is 9.96. The number of phenols is 1. The lowest BCUT2D eigenvalue weighted by molar-refractivity contribution is -0.697. The molecule has 2 aromatic rings. The van der Waals surface area contributed by atoms with Gasteiger partial charge < -0.3 is 15.6 Å². The van der Waals surface area contributed by atoms with Crippen LogP contribution in [-0.4, -0.2) is 18.8 Å². The lowest BCUT2D eigenvalue weighted by Crippen LogP contribution is -2.32. The highest BCUT2D eigenvalue weighted by atomic mass is 16.5. The molecule has 1 aromatic carbocycles. The van der Waals surface area contributed by atoms with Gasteiger partial charge in [0.2, 0.25) is 0 Å². The van der Waals surface area contributed by atoms with Crippen LogP contribution in [0.1, 0.15) is 36.8 Å². The molecular weight excluding hydrogens is 300 g/mol. The predicted molar refractivity (Wildman–Crippen MR) is 97.7 cm³/mol. The number of rotatable bonds is 9. The van der Waals surface area contributed by atoms with Gasteiger partial charge in [-0.2, -0.15) is 0 Å². The number of phenolic OH excluding ortho intramolecular Hbond substituents is 1. The van der Waals surface area contributed by atoms with Gasteiger partial charge in [0.05, 0.1) is 7.11 Å². The van der Waals surface area contributed by atoms with Gasteiger partial charge in [0.1, 0.15) is 18.0 Å². The zero-order valence-electron chi connectivity index (χ0n) is 14.3. The summed E-state index contributed by atoms with van der Waals surface area (Å²) in [6, 6.07) is 9.45. The summed E-state index contributed by atoms with van der Waals surface area (Å²) in [6.45, 7) is 1.83. The standard InChI is InChI=1S/C20H26N2O2/c1-24-19-9-8-18(20(23)16-19)7-6-17-10-14-22(15-11-17)13-5-3-2-4-12-21/h6-11,14-16H,2-5,12-13,21H2,1H3/p+1. The second kappa shape index (κ2) is 9.73. The highest BCUT2D eigenvalue weighted by Gasteiger charge is 2.02. The van der Waals surface area contributed by atoms with Crippen molar-refractivity contribution < 1.29 is 14.4 Å². The Labute approximate surface area is 144 Å². The van der Waals surface area contributed by atoms with Crippen LogP contribution in [0.25, 0.3) is 12.2 Å². The van der Waals surface area contributed by atoms with Crippen molar-refractivity contribution in [3.8, 4) is 11.5 Å². The molecule has 4 nitrogen and oxygen atoms in total. The summed E-state index contributed by atoms with van der Waals surface area (Å²) in [5.41, 5.74) is 7.37. The van der Waals surface area contributed by atoms with Gasteiger partial charge in [-0.05, 0) is 37.1 Å². The van der Waals surface area contributed by atoms with Crippen LogP contribution in [0.15, 0.2) is 42.7 Å². The van der Waals surface area contributed by atoms with Gasteiger partial charge in [0, 0.05) is 30.2 Å². The van der Waals surface area contributed by atoms with Crippen molar-refractivity contribution in [3.63, 3.8) is 0 Å². The van der Waals surface area contributed by atoms with Crippen LogP contribution in [0.3, 0.4) is 0 Å². The minimum Gasteiger partial charge on any atom is -0.507 e. The fourth-order valence-electron chi connectivity index (χ4n) is 2.50. The van der Waals surface area contributed by atoms with Crippen molar-refractivity contribution in [2.45, 2.75) is 32.2 Å². The van der Waals surface area contributed by atoms with Gasteiger partial charge >= 0.3 is 0 Å². The minimum absolute atomic E-state index is 0.217. The molecule has 128 valence electrons. The number of aryl methyl sites for hydroxylation is 1. The molecule has 0 saturated carbocycles. The molecule has 0 aliphatic rings. The van der Waals surface area contributed by atoms with Gasteiger partial charge in [-0.3, -0.25) is 0 Å². The van der Waals surface area contributed by atoms with Crippen LogP contribution in [0.2, 0.25) is 0 Å². The van der Waals surface area contributed by atoms with E-state index in [1.54, 1.807) is 13.2 Å². The summed E-state index contributed by atoms with van der Waals surface area (Å²) in [6.07, 6.45) is 12.8. The largest absolute Gasteiger partial charge is 0.507 e. The lowest BCUT2D eigenvalue weighted by Gasteiger charge is -2.03. The molecule has 0 atom stereocenters. The molecule has 0 aliphatic heterocycles. The number of pyridine rings is 1. The van der Waals surface area contributed by atoms with Crippen LogP contribution >= 0.6 is 0 Å². The van der Waals surface area contributed by atoms with E-state index in [2.05, 4.69) is 29.1 Å². The molecule has 0 bridgehead atoms. The number of hydrogen-bond acceptors (Lipinski definition) is 3. The average molecular weight is 327 g/mol. The second-order valence-corrected chi connectivity index (χ2v) is 5.83. The Morgan fingerprint density at radius 2 is 1.79 bits per heavy atom. The average Bonchev–Trinajstić information content (AvgIpc) is 2.61. The molecule has 0 saturated heterocycles. The van der Waals surface area contributed by atoms with Crippen LogP contribution in [0.4, 0.5) is 0 Å². The normalized spacial score (nSPS) is 11.1. The Bertz CT molecular complexity index is 651. The SMILES string of the molecule is COc1ccc(/C=C/c2cc[n+](CCCCCCN)cc2)c(O)c1. The quantitative estimate of drug-likeness (QED) is 0.548. The zero-order chi connectivity index (χ0) is 17.2. The van der Waals surface area contributed by atoms with Gasteiger partial charge in [-0.15, -0.1) is 0 Å². The maximum atomic E-state index is 9.96. The number of aromatic nitrogens is 1. The molecule has 0 aliphatic carbocycles. The van der Waals surface area contributed by atoms with Gasteiger partial charge in [-0.25, -0.2) is 4.57 Å². The fourth-order valence-corrected chi connectivity index (χ4v) is 2.50. The number of unbranched alkanes of at least 4 members (excludes halogenated alkanes) is 3. The Kier molecular flexibility index (Phi) is 7.30. The van der Waals surface area contributed by atoms with Crippen LogP contribution in [0, 0.1) is 0 Å². The number of nitrogens with zero attached hydrogens (tertiary/aromatic N) is 1. The zero-order valence-corrected chi connectivity index (χ0v) is 14.3.